The Balaban J connectivity index is 1.48. The highest BCUT2D eigenvalue weighted by molar-refractivity contribution is 5.92. The zero-order chi connectivity index (χ0) is 19.3. The molecule has 8 heteroatoms. The molecule has 0 bridgehead atoms. The van der Waals surface area contributed by atoms with Crippen molar-refractivity contribution in [3.8, 4) is 11.5 Å². The lowest BCUT2D eigenvalue weighted by Crippen LogP contribution is -2.34. The number of hydrogen-bond donors (Lipinski definition) is 1. The number of carbonyl (C=O) groups excluding carboxylic acids is 1. The minimum Gasteiger partial charge on any atom is -0.454 e. The molecule has 1 amide bonds. The summed E-state index contributed by atoms with van der Waals surface area (Å²) in [4.78, 5) is 14.9. The molecular formula is C20H26N4O4. The summed E-state index contributed by atoms with van der Waals surface area (Å²) in [6.45, 7) is 3.57. The van der Waals surface area contributed by atoms with Crippen molar-refractivity contribution in [1.29, 1.82) is 0 Å². The van der Waals surface area contributed by atoms with Gasteiger partial charge in [0.1, 0.15) is 5.69 Å². The molecule has 1 saturated heterocycles. The maximum atomic E-state index is 13.1. The zero-order valence-electron chi connectivity index (χ0n) is 16.1. The molecule has 8 nitrogen and oxygen atoms in total. The highest BCUT2D eigenvalue weighted by Gasteiger charge is 2.22. The number of aromatic nitrogens is 2. The Morgan fingerprint density at radius 1 is 1.36 bits per heavy atom. The number of benzene rings is 1. The quantitative estimate of drug-likeness (QED) is 0.782. The van der Waals surface area contributed by atoms with E-state index in [0.717, 1.165) is 37.2 Å². The number of nitrogens with one attached hydrogen (secondary N) is 1. The second-order valence-corrected chi connectivity index (χ2v) is 7.09. The van der Waals surface area contributed by atoms with Crippen LogP contribution in [0, 0.1) is 0 Å². The maximum Gasteiger partial charge on any atom is 0.274 e. The van der Waals surface area contributed by atoms with E-state index in [-0.39, 0.29) is 12.7 Å². The van der Waals surface area contributed by atoms with Gasteiger partial charge in [-0.05, 0) is 43.1 Å². The number of nitrogens with zero attached hydrogens (tertiary/aromatic N) is 3. The zero-order valence-corrected chi connectivity index (χ0v) is 16.1. The first kappa shape index (κ1) is 18.8. The normalized spacial score (nSPS) is 18.2. The van der Waals surface area contributed by atoms with Gasteiger partial charge in [-0.1, -0.05) is 6.07 Å². The number of fused-ring (bicyclic) bond motifs is 1. The lowest BCUT2D eigenvalue weighted by molar-refractivity contribution is 0.0673. The molecule has 3 heterocycles. The smallest absolute Gasteiger partial charge is 0.274 e. The summed E-state index contributed by atoms with van der Waals surface area (Å²) in [6.07, 6.45) is 4.10. The average Bonchev–Trinajstić information content (AvgIpc) is 3.40. The van der Waals surface area contributed by atoms with Gasteiger partial charge in [-0.15, -0.1) is 0 Å². The molecule has 0 spiro atoms. The van der Waals surface area contributed by atoms with Gasteiger partial charge in [-0.3, -0.25) is 9.48 Å². The second kappa shape index (κ2) is 8.62. The molecule has 0 aliphatic carbocycles. The van der Waals surface area contributed by atoms with Crippen molar-refractivity contribution in [1.82, 2.24) is 20.0 Å². The molecular weight excluding hydrogens is 360 g/mol. The highest BCUT2D eigenvalue weighted by atomic mass is 16.7. The largest absolute Gasteiger partial charge is 0.454 e. The van der Waals surface area contributed by atoms with E-state index in [1.165, 1.54) is 0 Å². The van der Waals surface area contributed by atoms with Gasteiger partial charge in [0, 0.05) is 32.9 Å². The fourth-order valence-corrected chi connectivity index (χ4v) is 3.59. The molecule has 2 aliphatic heterocycles. The van der Waals surface area contributed by atoms with Crippen LogP contribution in [0.1, 0.15) is 34.9 Å². The number of ether oxygens (including phenoxy) is 3. The van der Waals surface area contributed by atoms with Gasteiger partial charge in [0.15, 0.2) is 11.5 Å². The third kappa shape index (κ3) is 4.13. The van der Waals surface area contributed by atoms with Gasteiger partial charge in [-0.25, -0.2) is 0 Å². The monoisotopic (exact) mass is 386 g/mol. The topological polar surface area (TPSA) is 77.8 Å². The first-order valence-electron chi connectivity index (χ1n) is 9.67. The minimum absolute atomic E-state index is 0.0998. The van der Waals surface area contributed by atoms with E-state index in [4.69, 9.17) is 14.2 Å². The van der Waals surface area contributed by atoms with Crippen molar-refractivity contribution in [3.05, 3.63) is 41.7 Å². The van der Waals surface area contributed by atoms with E-state index >= 15 is 0 Å². The van der Waals surface area contributed by atoms with E-state index in [1.54, 1.807) is 18.1 Å². The van der Waals surface area contributed by atoms with Crippen LogP contribution in [0.5, 0.6) is 11.5 Å². The lowest BCUT2D eigenvalue weighted by Gasteiger charge is -2.23. The molecule has 2 aliphatic rings. The van der Waals surface area contributed by atoms with Crippen LogP contribution >= 0.6 is 0 Å². The first-order chi connectivity index (χ1) is 13.7. The Kier molecular flexibility index (Phi) is 5.78. The number of piperidine rings is 1. The first-order valence-corrected chi connectivity index (χ1v) is 9.67. The van der Waals surface area contributed by atoms with Crippen LogP contribution < -0.4 is 14.8 Å². The molecule has 1 fully saturated rings. The molecule has 2 aromatic rings. The van der Waals surface area contributed by atoms with Crippen LogP contribution in [0.25, 0.3) is 0 Å². The molecule has 0 radical (unpaired) electrons. The van der Waals surface area contributed by atoms with E-state index in [1.807, 2.05) is 29.1 Å². The Bertz CT molecular complexity index is 816. The fraction of sp³-hybridized carbons (Fsp3) is 0.500. The standard InChI is InChI=1S/C20H26N4O4/c1-26-10-9-23(13-15-4-5-18-19(11-15)28-14-27-18)20(25)17-6-8-24(22-17)16-3-2-7-21-12-16/h4-6,8,11,16,21H,2-3,7,9-10,12-14H2,1H3. The van der Waals surface area contributed by atoms with Gasteiger partial charge in [-0.2, -0.15) is 5.10 Å². The maximum absolute atomic E-state index is 13.1. The molecule has 28 heavy (non-hydrogen) atoms. The highest BCUT2D eigenvalue weighted by Crippen LogP contribution is 2.32. The van der Waals surface area contributed by atoms with Crippen LogP contribution in [-0.4, -0.2) is 60.7 Å². The number of amides is 1. The molecule has 1 aromatic heterocycles. The molecule has 1 N–H and O–H groups in total. The van der Waals surface area contributed by atoms with Crippen LogP contribution in [0.15, 0.2) is 30.5 Å². The van der Waals surface area contributed by atoms with Crippen LogP contribution in [-0.2, 0) is 11.3 Å². The summed E-state index contributed by atoms with van der Waals surface area (Å²) in [5.74, 6) is 1.35. The van der Waals surface area contributed by atoms with Crippen molar-refractivity contribution in [2.45, 2.75) is 25.4 Å². The van der Waals surface area contributed by atoms with E-state index < -0.39 is 0 Å². The summed E-state index contributed by atoms with van der Waals surface area (Å²) in [6, 6.07) is 7.85. The van der Waals surface area contributed by atoms with Crippen LogP contribution in [0.4, 0.5) is 0 Å². The average molecular weight is 386 g/mol. The Hall–Kier alpha value is -2.58. The van der Waals surface area contributed by atoms with Gasteiger partial charge < -0.3 is 24.4 Å². The van der Waals surface area contributed by atoms with Gasteiger partial charge >= 0.3 is 0 Å². The molecule has 4 rings (SSSR count). The lowest BCUT2D eigenvalue weighted by atomic mass is 10.1. The molecule has 0 saturated carbocycles. The number of carbonyl (C=O) groups is 1. The SMILES string of the molecule is COCCN(Cc1ccc2c(c1)OCO2)C(=O)c1ccn(C2CCCNC2)n1. The Morgan fingerprint density at radius 3 is 3.07 bits per heavy atom. The number of hydrogen-bond acceptors (Lipinski definition) is 6. The summed E-state index contributed by atoms with van der Waals surface area (Å²) < 4.78 is 17.9. The molecule has 1 unspecified atom stereocenters. The van der Waals surface area contributed by atoms with Crippen molar-refractivity contribution in [3.63, 3.8) is 0 Å². The van der Waals surface area contributed by atoms with E-state index in [0.29, 0.717) is 37.2 Å². The van der Waals surface area contributed by atoms with Crippen LogP contribution in [0.3, 0.4) is 0 Å². The third-order valence-corrected chi connectivity index (χ3v) is 5.14. The van der Waals surface area contributed by atoms with Crippen molar-refractivity contribution in [2.24, 2.45) is 0 Å². The Labute approximate surface area is 164 Å². The third-order valence-electron chi connectivity index (χ3n) is 5.14. The molecule has 150 valence electrons. The van der Waals surface area contributed by atoms with Crippen molar-refractivity contribution in [2.75, 3.05) is 40.1 Å². The minimum atomic E-state index is -0.0998. The van der Waals surface area contributed by atoms with Gasteiger partial charge in [0.25, 0.3) is 5.91 Å². The predicted octanol–water partition coefficient (Wildman–Crippen LogP) is 1.83. The summed E-state index contributed by atoms with van der Waals surface area (Å²) in [7, 11) is 1.63. The Morgan fingerprint density at radius 2 is 2.25 bits per heavy atom. The van der Waals surface area contributed by atoms with Gasteiger partial charge in [0.2, 0.25) is 6.79 Å². The van der Waals surface area contributed by atoms with Gasteiger partial charge in [0.05, 0.1) is 12.6 Å². The second-order valence-electron chi connectivity index (χ2n) is 7.09. The summed E-state index contributed by atoms with van der Waals surface area (Å²) in [5, 5.41) is 7.94. The summed E-state index contributed by atoms with van der Waals surface area (Å²) >= 11 is 0. The van der Waals surface area contributed by atoms with Crippen molar-refractivity contribution < 1.29 is 19.0 Å². The molecule has 1 atom stereocenters. The fourth-order valence-electron chi connectivity index (χ4n) is 3.59. The van der Waals surface area contributed by atoms with E-state index in [9.17, 15) is 4.79 Å². The number of methoxy groups -OCH3 is 1. The van der Waals surface area contributed by atoms with Crippen LogP contribution in [0.2, 0.25) is 0 Å². The number of rotatable bonds is 7. The predicted molar refractivity (Wildman–Crippen MR) is 103 cm³/mol. The van der Waals surface area contributed by atoms with E-state index in [2.05, 4.69) is 10.4 Å². The van der Waals surface area contributed by atoms with Crippen molar-refractivity contribution >= 4 is 5.91 Å². The molecule has 1 aromatic carbocycles. The summed E-state index contributed by atoms with van der Waals surface area (Å²) in [5.41, 5.74) is 1.44.